The summed E-state index contributed by atoms with van der Waals surface area (Å²) in [5.74, 6) is 1.61. The number of hydrogen-bond acceptors (Lipinski definition) is 4. The van der Waals surface area contributed by atoms with Gasteiger partial charge in [0, 0.05) is 18.6 Å². The second kappa shape index (κ2) is 7.74. The smallest absolute Gasteiger partial charge is 0.141 e. The van der Waals surface area contributed by atoms with Crippen LogP contribution in [0.15, 0.2) is 6.33 Å². The molecule has 5 heteroatoms. The number of nitrogens with two attached hydrogens (primary N) is 1. The van der Waals surface area contributed by atoms with E-state index in [-0.39, 0.29) is 5.54 Å². The molecule has 0 saturated heterocycles. The summed E-state index contributed by atoms with van der Waals surface area (Å²) in [7, 11) is 0. The molecule has 0 radical (unpaired) electrons. The van der Waals surface area contributed by atoms with E-state index in [1.807, 2.05) is 4.68 Å². The predicted molar refractivity (Wildman–Crippen MR) is 83.3 cm³/mol. The van der Waals surface area contributed by atoms with Crippen molar-refractivity contribution < 1.29 is 0 Å². The molecule has 0 saturated carbocycles. The SMILES string of the molecule is CCCN(Cc1ncnn1CC(C)C)C(C)(CC)CN. The highest BCUT2D eigenvalue weighted by molar-refractivity contribution is 4.92. The van der Waals surface area contributed by atoms with Gasteiger partial charge in [-0.1, -0.05) is 27.7 Å². The summed E-state index contributed by atoms with van der Waals surface area (Å²) in [6.45, 7) is 14.5. The first-order chi connectivity index (χ1) is 9.46. The molecule has 5 nitrogen and oxygen atoms in total. The molecule has 1 unspecified atom stereocenters. The molecule has 1 aromatic heterocycles. The molecule has 0 spiro atoms. The summed E-state index contributed by atoms with van der Waals surface area (Å²) in [5, 5.41) is 4.35. The zero-order chi connectivity index (χ0) is 15.2. The fraction of sp³-hybridized carbons (Fsp3) is 0.867. The average molecular weight is 281 g/mol. The Bertz CT molecular complexity index is 381. The molecule has 20 heavy (non-hydrogen) atoms. The Morgan fingerprint density at radius 3 is 2.60 bits per heavy atom. The zero-order valence-electron chi connectivity index (χ0n) is 13.8. The highest BCUT2D eigenvalue weighted by Gasteiger charge is 2.29. The normalized spacial score (nSPS) is 15.0. The second-order valence-electron chi connectivity index (χ2n) is 6.23. The molecule has 0 fully saturated rings. The number of nitrogens with zero attached hydrogens (tertiary/aromatic N) is 4. The van der Waals surface area contributed by atoms with Gasteiger partial charge in [0.25, 0.3) is 0 Å². The standard InChI is InChI=1S/C15H31N5/c1-6-8-19(15(5,7-2)11-16)10-14-17-12-18-20(14)9-13(3)4/h12-13H,6-11,16H2,1-5H3. The Morgan fingerprint density at radius 1 is 1.40 bits per heavy atom. The van der Waals surface area contributed by atoms with Gasteiger partial charge < -0.3 is 5.73 Å². The van der Waals surface area contributed by atoms with Crippen LogP contribution in [0.2, 0.25) is 0 Å². The maximum Gasteiger partial charge on any atom is 0.141 e. The van der Waals surface area contributed by atoms with Gasteiger partial charge in [0.2, 0.25) is 0 Å². The molecule has 1 aromatic rings. The van der Waals surface area contributed by atoms with Crippen LogP contribution in [0.1, 0.15) is 53.3 Å². The van der Waals surface area contributed by atoms with Gasteiger partial charge in [-0.15, -0.1) is 0 Å². The summed E-state index contributed by atoms with van der Waals surface area (Å²) >= 11 is 0. The van der Waals surface area contributed by atoms with Crippen molar-refractivity contribution >= 4 is 0 Å². The van der Waals surface area contributed by atoms with Crippen LogP contribution in [0, 0.1) is 5.92 Å². The summed E-state index contributed by atoms with van der Waals surface area (Å²) < 4.78 is 2.03. The van der Waals surface area contributed by atoms with Gasteiger partial charge in [-0.2, -0.15) is 5.10 Å². The average Bonchev–Trinajstić information content (AvgIpc) is 2.84. The number of hydrogen-bond donors (Lipinski definition) is 1. The van der Waals surface area contributed by atoms with E-state index in [0.717, 1.165) is 38.3 Å². The van der Waals surface area contributed by atoms with E-state index in [0.29, 0.717) is 12.5 Å². The van der Waals surface area contributed by atoms with Crippen molar-refractivity contribution in [1.82, 2.24) is 19.7 Å². The lowest BCUT2D eigenvalue weighted by atomic mass is 9.96. The van der Waals surface area contributed by atoms with Gasteiger partial charge in [-0.25, -0.2) is 9.67 Å². The van der Waals surface area contributed by atoms with Crippen LogP contribution in [0.4, 0.5) is 0 Å². The van der Waals surface area contributed by atoms with Crippen LogP contribution in [-0.2, 0) is 13.1 Å². The van der Waals surface area contributed by atoms with E-state index in [1.165, 1.54) is 0 Å². The van der Waals surface area contributed by atoms with Crippen LogP contribution in [0.25, 0.3) is 0 Å². The van der Waals surface area contributed by atoms with Gasteiger partial charge in [0.05, 0.1) is 6.54 Å². The minimum absolute atomic E-state index is 0.0324. The first-order valence-corrected chi connectivity index (χ1v) is 7.78. The maximum absolute atomic E-state index is 6.01. The fourth-order valence-corrected chi connectivity index (χ4v) is 2.39. The van der Waals surface area contributed by atoms with Crippen LogP contribution >= 0.6 is 0 Å². The Kier molecular flexibility index (Phi) is 6.62. The third-order valence-corrected chi connectivity index (χ3v) is 4.02. The first-order valence-electron chi connectivity index (χ1n) is 7.78. The Hall–Kier alpha value is -0.940. The lowest BCUT2D eigenvalue weighted by Gasteiger charge is -2.39. The van der Waals surface area contributed by atoms with Crippen LogP contribution in [0.5, 0.6) is 0 Å². The van der Waals surface area contributed by atoms with E-state index in [9.17, 15) is 0 Å². The third-order valence-electron chi connectivity index (χ3n) is 4.02. The van der Waals surface area contributed by atoms with Crippen molar-refractivity contribution in [2.24, 2.45) is 11.7 Å². The molecule has 0 bridgehead atoms. The fourth-order valence-electron chi connectivity index (χ4n) is 2.39. The van der Waals surface area contributed by atoms with E-state index >= 15 is 0 Å². The summed E-state index contributed by atoms with van der Waals surface area (Å²) in [6.07, 6.45) is 3.82. The van der Waals surface area contributed by atoms with Gasteiger partial charge in [0.15, 0.2) is 0 Å². The number of rotatable bonds is 9. The summed E-state index contributed by atoms with van der Waals surface area (Å²) in [4.78, 5) is 6.89. The van der Waals surface area contributed by atoms with E-state index in [4.69, 9.17) is 5.73 Å². The van der Waals surface area contributed by atoms with Gasteiger partial charge >= 0.3 is 0 Å². The molecule has 1 heterocycles. The molecular weight excluding hydrogens is 250 g/mol. The zero-order valence-corrected chi connectivity index (χ0v) is 13.8. The Morgan fingerprint density at radius 2 is 2.10 bits per heavy atom. The van der Waals surface area contributed by atoms with E-state index in [1.54, 1.807) is 6.33 Å². The summed E-state index contributed by atoms with van der Waals surface area (Å²) in [6, 6.07) is 0. The van der Waals surface area contributed by atoms with Crippen molar-refractivity contribution in [3.05, 3.63) is 12.2 Å². The van der Waals surface area contributed by atoms with Crippen LogP contribution in [0.3, 0.4) is 0 Å². The van der Waals surface area contributed by atoms with Gasteiger partial charge in [-0.05, 0) is 32.2 Å². The van der Waals surface area contributed by atoms with E-state index in [2.05, 4.69) is 49.6 Å². The van der Waals surface area contributed by atoms with Gasteiger partial charge in [-0.3, -0.25) is 4.90 Å². The summed E-state index contributed by atoms with van der Waals surface area (Å²) in [5.41, 5.74) is 6.04. The molecule has 2 N–H and O–H groups in total. The minimum atomic E-state index is 0.0324. The lowest BCUT2D eigenvalue weighted by Crippen LogP contribution is -2.51. The van der Waals surface area contributed by atoms with Crippen molar-refractivity contribution in [2.75, 3.05) is 13.1 Å². The highest BCUT2D eigenvalue weighted by atomic mass is 15.4. The van der Waals surface area contributed by atoms with Crippen LogP contribution < -0.4 is 5.73 Å². The maximum atomic E-state index is 6.01. The molecule has 0 aliphatic rings. The first kappa shape index (κ1) is 17.1. The Balaban J connectivity index is 2.88. The van der Waals surface area contributed by atoms with Crippen molar-refractivity contribution in [3.8, 4) is 0 Å². The molecular formula is C15H31N5. The molecule has 0 aromatic carbocycles. The molecule has 116 valence electrons. The number of aromatic nitrogens is 3. The van der Waals surface area contributed by atoms with Crippen molar-refractivity contribution in [3.63, 3.8) is 0 Å². The lowest BCUT2D eigenvalue weighted by molar-refractivity contribution is 0.0921. The highest BCUT2D eigenvalue weighted by Crippen LogP contribution is 2.21. The predicted octanol–water partition coefficient (Wildman–Crippen LogP) is 2.27. The van der Waals surface area contributed by atoms with E-state index < -0.39 is 0 Å². The second-order valence-corrected chi connectivity index (χ2v) is 6.23. The topological polar surface area (TPSA) is 60.0 Å². The molecule has 0 aliphatic heterocycles. The van der Waals surface area contributed by atoms with Gasteiger partial charge in [0.1, 0.15) is 12.2 Å². The molecule has 1 rings (SSSR count). The monoisotopic (exact) mass is 281 g/mol. The molecule has 0 amide bonds. The largest absolute Gasteiger partial charge is 0.329 e. The van der Waals surface area contributed by atoms with Crippen molar-refractivity contribution in [2.45, 2.75) is 66.1 Å². The van der Waals surface area contributed by atoms with Crippen LogP contribution in [-0.4, -0.2) is 38.3 Å². The Labute approximate surface area is 123 Å². The molecule has 0 aliphatic carbocycles. The third kappa shape index (κ3) is 4.28. The quantitative estimate of drug-likeness (QED) is 0.754. The molecule has 1 atom stereocenters. The minimum Gasteiger partial charge on any atom is -0.329 e. The van der Waals surface area contributed by atoms with Crippen molar-refractivity contribution in [1.29, 1.82) is 0 Å².